The van der Waals surface area contributed by atoms with Crippen LogP contribution < -0.4 is 5.32 Å². The number of hydrogen-bond acceptors (Lipinski definition) is 7. The van der Waals surface area contributed by atoms with Crippen LogP contribution in [0.15, 0.2) is 24.3 Å². The first-order valence-electron chi connectivity index (χ1n) is 9.12. The number of pyridine rings is 1. The van der Waals surface area contributed by atoms with E-state index >= 15 is 0 Å². The highest BCUT2D eigenvalue weighted by Gasteiger charge is 2.28. The fourth-order valence-electron chi connectivity index (χ4n) is 3.20. The zero-order valence-corrected chi connectivity index (χ0v) is 16.2. The van der Waals surface area contributed by atoms with Gasteiger partial charge in [0.1, 0.15) is 6.61 Å². The van der Waals surface area contributed by atoms with Gasteiger partial charge in [-0.25, -0.2) is 14.6 Å². The lowest BCUT2D eigenvalue weighted by atomic mass is 10.0. The van der Waals surface area contributed by atoms with Crippen molar-refractivity contribution >= 4 is 34.8 Å². The van der Waals surface area contributed by atoms with Gasteiger partial charge in [0.05, 0.1) is 30.4 Å². The fourth-order valence-corrected chi connectivity index (χ4v) is 3.20. The number of methoxy groups -OCH3 is 1. The third-order valence-corrected chi connectivity index (χ3v) is 4.69. The number of benzene rings is 1. The first-order chi connectivity index (χ1) is 13.9. The van der Waals surface area contributed by atoms with Crippen molar-refractivity contribution in [2.24, 2.45) is 0 Å². The molecule has 1 N–H and O–H groups in total. The van der Waals surface area contributed by atoms with Crippen molar-refractivity contribution in [2.45, 2.75) is 26.4 Å². The topological polar surface area (TPSA) is 115 Å². The van der Waals surface area contributed by atoms with Crippen LogP contribution in [-0.2, 0) is 25.7 Å². The van der Waals surface area contributed by atoms with Crippen LogP contribution in [-0.4, -0.2) is 54.0 Å². The Morgan fingerprint density at radius 2 is 2.00 bits per heavy atom. The van der Waals surface area contributed by atoms with Gasteiger partial charge in [-0.2, -0.15) is 0 Å². The Morgan fingerprint density at radius 3 is 2.69 bits per heavy atom. The minimum atomic E-state index is -0.551. The first kappa shape index (κ1) is 20.2. The van der Waals surface area contributed by atoms with Crippen LogP contribution in [0.2, 0.25) is 0 Å². The van der Waals surface area contributed by atoms with Crippen molar-refractivity contribution in [3.05, 3.63) is 41.1 Å². The summed E-state index contributed by atoms with van der Waals surface area (Å²) in [5.74, 6) is -1.38. The maximum atomic E-state index is 12.2. The second-order valence-electron chi connectivity index (χ2n) is 6.54. The largest absolute Gasteiger partial charge is 0.465 e. The monoisotopic (exact) mass is 399 g/mol. The van der Waals surface area contributed by atoms with Gasteiger partial charge in [-0.15, -0.1) is 0 Å². The Bertz CT molecular complexity index is 972. The van der Waals surface area contributed by atoms with Crippen molar-refractivity contribution < 1.29 is 28.7 Å². The Kier molecular flexibility index (Phi) is 6.06. The number of imide groups is 1. The number of nitrogens with one attached hydrogen (secondary N) is 1. The first-order valence-corrected chi connectivity index (χ1v) is 9.12. The lowest BCUT2D eigenvalue weighted by Crippen LogP contribution is -2.32. The fraction of sp³-hybridized carbons (Fsp3) is 0.350. The zero-order chi connectivity index (χ0) is 21.0. The van der Waals surface area contributed by atoms with Gasteiger partial charge in [-0.05, 0) is 25.0 Å². The molecule has 0 saturated carbocycles. The van der Waals surface area contributed by atoms with E-state index in [0.29, 0.717) is 16.8 Å². The highest BCUT2D eigenvalue weighted by atomic mass is 16.5. The van der Waals surface area contributed by atoms with Crippen LogP contribution >= 0.6 is 0 Å². The lowest BCUT2D eigenvalue weighted by Gasteiger charge is -2.14. The molecule has 1 aromatic carbocycles. The summed E-state index contributed by atoms with van der Waals surface area (Å²) >= 11 is 0. The summed E-state index contributed by atoms with van der Waals surface area (Å²) < 4.78 is 10.1. The Morgan fingerprint density at radius 1 is 1.24 bits per heavy atom. The van der Waals surface area contributed by atoms with E-state index < -0.39 is 18.0 Å². The van der Waals surface area contributed by atoms with Crippen molar-refractivity contribution in [2.75, 3.05) is 20.2 Å². The van der Waals surface area contributed by atoms with E-state index in [2.05, 4.69) is 10.3 Å². The van der Waals surface area contributed by atoms with E-state index in [1.807, 2.05) is 24.3 Å². The third kappa shape index (κ3) is 4.34. The number of aryl methyl sites for hydroxylation is 1. The molecule has 2 aromatic rings. The second-order valence-corrected chi connectivity index (χ2v) is 6.54. The molecule has 0 unspecified atom stereocenters. The standard InChI is InChI=1S/C20H21N3O6/c1-12-13-6-3-4-7-14(13)22-15(18(12)19(26)28-2)11-29-17(25)8-5-9-23-16(24)10-21-20(23)27/h3-4,6-7H,5,8-11H2,1-2H3,(H,21,27). The Labute approximate surface area is 167 Å². The van der Waals surface area contributed by atoms with Gasteiger partial charge in [-0.1, -0.05) is 18.2 Å². The number of rotatable bonds is 7. The predicted octanol–water partition coefficient (Wildman–Crippen LogP) is 1.71. The molecular weight excluding hydrogens is 378 g/mol. The minimum absolute atomic E-state index is 0.0213. The van der Waals surface area contributed by atoms with E-state index in [4.69, 9.17) is 9.47 Å². The van der Waals surface area contributed by atoms with Crippen LogP contribution in [0.3, 0.4) is 0 Å². The summed E-state index contributed by atoms with van der Waals surface area (Å²) in [6.45, 7) is 1.73. The molecule has 1 saturated heterocycles. The number of ether oxygens (including phenoxy) is 2. The highest BCUT2D eigenvalue weighted by Crippen LogP contribution is 2.24. The summed E-state index contributed by atoms with van der Waals surface area (Å²) in [5, 5.41) is 3.23. The van der Waals surface area contributed by atoms with Gasteiger partial charge in [0.25, 0.3) is 0 Å². The number of fused-ring (bicyclic) bond motifs is 1. The number of nitrogens with zero attached hydrogens (tertiary/aromatic N) is 2. The molecule has 29 heavy (non-hydrogen) atoms. The summed E-state index contributed by atoms with van der Waals surface area (Å²) in [6.07, 6.45) is 0.309. The smallest absolute Gasteiger partial charge is 0.340 e. The average molecular weight is 399 g/mol. The molecule has 152 valence electrons. The summed E-state index contributed by atoms with van der Waals surface area (Å²) in [5.41, 5.74) is 1.98. The van der Waals surface area contributed by atoms with E-state index in [-0.39, 0.29) is 44.0 Å². The molecule has 0 radical (unpaired) electrons. The van der Waals surface area contributed by atoms with Gasteiger partial charge >= 0.3 is 18.0 Å². The van der Waals surface area contributed by atoms with Crippen molar-refractivity contribution in [3.8, 4) is 0 Å². The molecule has 9 heteroatoms. The quantitative estimate of drug-likeness (QED) is 0.557. The molecule has 1 aromatic heterocycles. The van der Waals surface area contributed by atoms with Gasteiger partial charge < -0.3 is 14.8 Å². The highest BCUT2D eigenvalue weighted by molar-refractivity contribution is 6.02. The normalized spacial score (nSPS) is 13.5. The number of carbonyl (C=O) groups excluding carboxylic acids is 4. The molecule has 2 heterocycles. The van der Waals surface area contributed by atoms with E-state index in [1.165, 1.54) is 7.11 Å². The van der Waals surface area contributed by atoms with Crippen LogP contribution in [0.25, 0.3) is 10.9 Å². The lowest BCUT2D eigenvalue weighted by molar-refractivity contribution is -0.145. The molecule has 3 amide bonds. The number of amides is 3. The predicted molar refractivity (Wildman–Crippen MR) is 102 cm³/mol. The minimum Gasteiger partial charge on any atom is -0.465 e. The van der Waals surface area contributed by atoms with Gasteiger partial charge in [0, 0.05) is 18.4 Å². The summed E-state index contributed by atoms with van der Waals surface area (Å²) in [6, 6.07) is 6.89. The molecule has 0 aliphatic carbocycles. The second kappa shape index (κ2) is 8.68. The van der Waals surface area contributed by atoms with E-state index in [1.54, 1.807) is 6.92 Å². The number of esters is 2. The van der Waals surface area contributed by atoms with Gasteiger partial charge in [-0.3, -0.25) is 14.5 Å². The number of aromatic nitrogens is 1. The summed E-state index contributed by atoms with van der Waals surface area (Å²) in [4.78, 5) is 52.8. The zero-order valence-electron chi connectivity index (χ0n) is 16.2. The van der Waals surface area contributed by atoms with E-state index in [0.717, 1.165) is 10.3 Å². The van der Waals surface area contributed by atoms with Crippen molar-refractivity contribution in [3.63, 3.8) is 0 Å². The molecule has 1 fully saturated rings. The number of carbonyl (C=O) groups is 4. The van der Waals surface area contributed by atoms with Crippen LogP contribution in [0, 0.1) is 6.92 Å². The molecule has 1 aliphatic rings. The number of para-hydroxylation sites is 1. The SMILES string of the molecule is COC(=O)c1c(COC(=O)CCCN2C(=O)CNC2=O)nc2ccccc2c1C. The third-order valence-electron chi connectivity index (χ3n) is 4.69. The molecule has 3 rings (SSSR count). The molecule has 9 nitrogen and oxygen atoms in total. The van der Waals surface area contributed by atoms with Crippen LogP contribution in [0.1, 0.15) is 34.5 Å². The number of hydrogen-bond donors (Lipinski definition) is 1. The summed E-state index contributed by atoms with van der Waals surface area (Å²) in [7, 11) is 1.28. The van der Waals surface area contributed by atoms with Gasteiger partial charge in [0.15, 0.2) is 0 Å². The molecule has 1 aliphatic heterocycles. The number of urea groups is 1. The molecule has 0 bridgehead atoms. The van der Waals surface area contributed by atoms with Crippen LogP contribution in [0.4, 0.5) is 4.79 Å². The molecule has 0 atom stereocenters. The maximum absolute atomic E-state index is 12.2. The van der Waals surface area contributed by atoms with Crippen LogP contribution in [0.5, 0.6) is 0 Å². The van der Waals surface area contributed by atoms with Crippen molar-refractivity contribution in [1.82, 2.24) is 15.2 Å². The van der Waals surface area contributed by atoms with Crippen molar-refractivity contribution in [1.29, 1.82) is 0 Å². The average Bonchev–Trinajstić information content (AvgIpc) is 3.04. The Balaban J connectivity index is 1.66. The van der Waals surface area contributed by atoms with Gasteiger partial charge in [0.2, 0.25) is 5.91 Å². The molecule has 0 spiro atoms. The Hall–Kier alpha value is -3.49. The molecular formula is C20H21N3O6. The maximum Gasteiger partial charge on any atom is 0.340 e. The van der Waals surface area contributed by atoms with E-state index in [9.17, 15) is 19.2 Å².